The highest BCUT2D eigenvalue weighted by molar-refractivity contribution is 9.10. The van der Waals surface area contributed by atoms with Gasteiger partial charge in [0.05, 0.1) is 11.6 Å². The van der Waals surface area contributed by atoms with Gasteiger partial charge in [-0.3, -0.25) is 4.90 Å². The molecule has 0 saturated carbocycles. The van der Waals surface area contributed by atoms with Gasteiger partial charge in [-0.05, 0) is 53.0 Å². The molecule has 88 valence electrons. The molecule has 0 radical (unpaired) electrons. The Balaban J connectivity index is 2.05. The van der Waals surface area contributed by atoms with Gasteiger partial charge in [-0.15, -0.1) is 0 Å². The SMILES string of the molecule is OC[C@@H]1CCCN1Cc1ccc(Cl)c(Br)c1. The Morgan fingerprint density at radius 3 is 3.00 bits per heavy atom. The summed E-state index contributed by atoms with van der Waals surface area (Å²) in [5.41, 5.74) is 1.23. The van der Waals surface area contributed by atoms with E-state index in [1.54, 1.807) is 0 Å². The van der Waals surface area contributed by atoms with E-state index in [0.29, 0.717) is 6.04 Å². The fourth-order valence-corrected chi connectivity index (χ4v) is 2.73. The zero-order chi connectivity index (χ0) is 11.5. The molecule has 2 nitrogen and oxygen atoms in total. The van der Waals surface area contributed by atoms with E-state index in [0.717, 1.165) is 29.0 Å². The van der Waals surface area contributed by atoms with E-state index in [-0.39, 0.29) is 6.61 Å². The van der Waals surface area contributed by atoms with Gasteiger partial charge in [0, 0.05) is 17.1 Å². The van der Waals surface area contributed by atoms with Gasteiger partial charge in [-0.1, -0.05) is 17.7 Å². The lowest BCUT2D eigenvalue weighted by molar-refractivity contribution is 0.153. The first-order valence-electron chi connectivity index (χ1n) is 5.49. The number of likely N-dealkylation sites (tertiary alicyclic amines) is 1. The molecule has 0 aromatic heterocycles. The van der Waals surface area contributed by atoms with E-state index in [2.05, 4.69) is 26.9 Å². The first-order valence-corrected chi connectivity index (χ1v) is 6.66. The number of aliphatic hydroxyl groups is 1. The van der Waals surface area contributed by atoms with Crippen LogP contribution in [-0.2, 0) is 6.54 Å². The maximum Gasteiger partial charge on any atom is 0.0587 e. The first kappa shape index (κ1) is 12.4. The highest BCUT2D eigenvalue weighted by atomic mass is 79.9. The maximum atomic E-state index is 9.24. The average Bonchev–Trinajstić information content (AvgIpc) is 2.71. The maximum absolute atomic E-state index is 9.24. The molecule has 1 heterocycles. The molecule has 0 amide bonds. The summed E-state index contributed by atoms with van der Waals surface area (Å²) in [6.07, 6.45) is 2.28. The second-order valence-electron chi connectivity index (χ2n) is 4.20. The van der Waals surface area contributed by atoms with Crippen molar-refractivity contribution in [3.05, 3.63) is 33.3 Å². The molecular formula is C12H15BrClNO. The smallest absolute Gasteiger partial charge is 0.0587 e. The van der Waals surface area contributed by atoms with Crippen LogP contribution in [0.15, 0.2) is 22.7 Å². The zero-order valence-corrected chi connectivity index (χ0v) is 11.3. The molecule has 1 aromatic rings. The summed E-state index contributed by atoms with van der Waals surface area (Å²) < 4.78 is 0.936. The number of halogens is 2. The number of hydrogen-bond acceptors (Lipinski definition) is 2. The molecule has 1 aliphatic rings. The van der Waals surface area contributed by atoms with E-state index in [9.17, 15) is 5.11 Å². The largest absolute Gasteiger partial charge is 0.395 e. The monoisotopic (exact) mass is 303 g/mol. The number of nitrogens with zero attached hydrogens (tertiary/aromatic N) is 1. The lowest BCUT2D eigenvalue weighted by Crippen LogP contribution is -2.31. The Labute approximate surface area is 109 Å². The van der Waals surface area contributed by atoms with Crippen molar-refractivity contribution in [2.45, 2.75) is 25.4 Å². The fourth-order valence-electron chi connectivity index (χ4n) is 2.18. The van der Waals surface area contributed by atoms with Gasteiger partial charge < -0.3 is 5.11 Å². The van der Waals surface area contributed by atoms with E-state index >= 15 is 0 Å². The van der Waals surface area contributed by atoms with Crippen molar-refractivity contribution >= 4 is 27.5 Å². The van der Waals surface area contributed by atoms with Gasteiger partial charge in [-0.2, -0.15) is 0 Å². The standard InChI is InChI=1S/C12H15BrClNO/c13-11-6-9(3-4-12(11)14)7-15-5-1-2-10(15)8-16/h3-4,6,10,16H,1-2,5,7-8H2/t10-/m0/s1. The van der Waals surface area contributed by atoms with Crippen LogP contribution in [0.5, 0.6) is 0 Å². The van der Waals surface area contributed by atoms with Crippen LogP contribution in [0.25, 0.3) is 0 Å². The Kier molecular flexibility index (Phi) is 4.25. The quantitative estimate of drug-likeness (QED) is 0.928. The Bertz CT molecular complexity index is 372. The Morgan fingerprint density at radius 2 is 2.31 bits per heavy atom. The predicted octanol–water partition coefficient (Wildman–Crippen LogP) is 3.06. The van der Waals surface area contributed by atoms with E-state index in [1.807, 2.05) is 12.1 Å². The fraction of sp³-hybridized carbons (Fsp3) is 0.500. The number of rotatable bonds is 3. The van der Waals surface area contributed by atoms with Crippen molar-refractivity contribution in [3.8, 4) is 0 Å². The van der Waals surface area contributed by atoms with E-state index in [4.69, 9.17) is 11.6 Å². The topological polar surface area (TPSA) is 23.5 Å². The summed E-state index contributed by atoms with van der Waals surface area (Å²) >= 11 is 9.38. The lowest BCUT2D eigenvalue weighted by Gasteiger charge is -2.22. The second-order valence-corrected chi connectivity index (χ2v) is 5.46. The van der Waals surface area contributed by atoms with Crippen molar-refractivity contribution < 1.29 is 5.11 Å². The number of benzene rings is 1. The summed E-state index contributed by atoms with van der Waals surface area (Å²) in [5.74, 6) is 0. The van der Waals surface area contributed by atoms with Crippen LogP contribution >= 0.6 is 27.5 Å². The van der Waals surface area contributed by atoms with Gasteiger partial charge in [0.1, 0.15) is 0 Å². The van der Waals surface area contributed by atoms with E-state index < -0.39 is 0 Å². The summed E-state index contributed by atoms with van der Waals surface area (Å²) in [4.78, 5) is 2.33. The molecule has 0 aliphatic carbocycles. The first-order chi connectivity index (χ1) is 7.70. The molecule has 0 spiro atoms. The minimum Gasteiger partial charge on any atom is -0.395 e. The van der Waals surface area contributed by atoms with Crippen LogP contribution in [-0.4, -0.2) is 29.2 Å². The normalized spacial score (nSPS) is 21.6. The van der Waals surface area contributed by atoms with Crippen LogP contribution in [0.1, 0.15) is 18.4 Å². The van der Waals surface area contributed by atoms with Crippen molar-refractivity contribution in [2.24, 2.45) is 0 Å². The summed E-state index contributed by atoms with van der Waals surface area (Å²) in [5, 5.41) is 9.98. The van der Waals surface area contributed by atoms with Gasteiger partial charge in [0.15, 0.2) is 0 Å². The summed E-state index contributed by atoms with van der Waals surface area (Å²) in [6.45, 7) is 2.22. The lowest BCUT2D eigenvalue weighted by atomic mass is 10.2. The molecule has 16 heavy (non-hydrogen) atoms. The van der Waals surface area contributed by atoms with Crippen molar-refractivity contribution in [1.82, 2.24) is 4.90 Å². The third-order valence-corrected chi connectivity index (χ3v) is 4.29. The van der Waals surface area contributed by atoms with Crippen molar-refractivity contribution in [3.63, 3.8) is 0 Å². The molecular weight excluding hydrogens is 289 g/mol. The number of aliphatic hydroxyl groups excluding tert-OH is 1. The highest BCUT2D eigenvalue weighted by Gasteiger charge is 2.23. The van der Waals surface area contributed by atoms with Gasteiger partial charge in [-0.25, -0.2) is 0 Å². The molecule has 1 fully saturated rings. The van der Waals surface area contributed by atoms with Crippen molar-refractivity contribution in [1.29, 1.82) is 0 Å². The molecule has 1 aromatic carbocycles. The Morgan fingerprint density at radius 1 is 1.50 bits per heavy atom. The third-order valence-electron chi connectivity index (χ3n) is 3.08. The summed E-state index contributed by atoms with van der Waals surface area (Å²) in [7, 11) is 0. The van der Waals surface area contributed by atoms with Crippen LogP contribution < -0.4 is 0 Å². The van der Waals surface area contributed by atoms with Crippen LogP contribution in [0, 0.1) is 0 Å². The molecule has 1 atom stereocenters. The van der Waals surface area contributed by atoms with Gasteiger partial charge in [0.2, 0.25) is 0 Å². The molecule has 0 bridgehead atoms. The molecule has 2 rings (SSSR count). The van der Waals surface area contributed by atoms with E-state index in [1.165, 1.54) is 12.0 Å². The third kappa shape index (κ3) is 2.77. The van der Waals surface area contributed by atoms with Crippen LogP contribution in [0.2, 0.25) is 5.02 Å². The second kappa shape index (κ2) is 5.50. The van der Waals surface area contributed by atoms with Gasteiger partial charge >= 0.3 is 0 Å². The molecule has 4 heteroatoms. The zero-order valence-electron chi connectivity index (χ0n) is 9.00. The Hall–Kier alpha value is -0.0900. The molecule has 1 saturated heterocycles. The highest BCUT2D eigenvalue weighted by Crippen LogP contribution is 2.25. The molecule has 0 unspecified atom stereocenters. The van der Waals surface area contributed by atoms with Crippen molar-refractivity contribution in [2.75, 3.05) is 13.2 Å². The summed E-state index contributed by atoms with van der Waals surface area (Å²) in [6, 6.07) is 6.33. The van der Waals surface area contributed by atoms with Crippen LogP contribution in [0.4, 0.5) is 0 Å². The minimum absolute atomic E-state index is 0.259. The van der Waals surface area contributed by atoms with Gasteiger partial charge in [0.25, 0.3) is 0 Å². The molecule has 1 N–H and O–H groups in total. The minimum atomic E-state index is 0.259. The number of hydrogen-bond donors (Lipinski definition) is 1. The average molecular weight is 305 g/mol. The molecule has 1 aliphatic heterocycles. The predicted molar refractivity (Wildman–Crippen MR) is 69.7 cm³/mol. The van der Waals surface area contributed by atoms with Crippen LogP contribution in [0.3, 0.4) is 0 Å².